The van der Waals surface area contributed by atoms with Gasteiger partial charge >= 0.3 is 0 Å². The zero-order valence-electron chi connectivity index (χ0n) is 10.1. The monoisotopic (exact) mass is 328 g/mol. The number of fused-ring (bicyclic) bond motifs is 1. The van der Waals surface area contributed by atoms with Crippen molar-refractivity contribution in [3.63, 3.8) is 0 Å². The zero-order valence-corrected chi connectivity index (χ0v) is 12.5. The first-order chi connectivity index (χ1) is 8.66. The molecule has 1 saturated heterocycles. The molecule has 0 spiro atoms. The fraction of sp³-hybridized carbons (Fsp3) is 0.462. The quantitative estimate of drug-likeness (QED) is 0.792. The Labute approximate surface area is 119 Å². The Morgan fingerprint density at radius 3 is 2.83 bits per heavy atom. The van der Waals surface area contributed by atoms with Crippen LogP contribution < -0.4 is 0 Å². The Morgan fingerprint density at radius 1 is 1.39 bits per heavy atom. The molecule has 0 bridgehead atoms. The molecule has 0 unspecified atom stereocenters. The highest BCUT2D eigenvalue weighted by atomic mass is 79.9. The summed E-state index contributed by atoms with van der Waals surface area (Å²) < 4.78 is 8.35. The van der Waals surface area contributed by atoms with Gasteiger partial charge in [-0.05, 0) is 35.7 Å². The zero-order chi connectivity index (χ0) is 12.7. The highest BCUT2D eigenvalue weighted by Crippen LogP contribution is 2.31. The molecule has 0 aromatic carbocycles. The predicted octanol–water partition coefficient (Wildman–Crippen LogP) is 3.95. The Balaban J connectivity index is 2.07. The number of ether oxygens (including phenoxy) is 1. The van der Waals surface area contributed by atoms with Crippen molar-refractivity contribution in [2.75, 3.05) is 13.2 Å². The lowest BCUT2D eigenvalue weighted by Gasteiger charge is -2.19. The van der Waals surface area contributed by atoms with Crippen molar-refractivity contribution >= 4 is 33.2 Å². The molecule has 1 aliphatic heterocycles. The summed E-state index contributed by atoms with van der Waals surface area (Å²) in [5.74, 6) is 0.510. The number of pyridine rings is 1. The van der Waals surface area contributed by atoms with Crippen LogP contribution in [0.4, 0.5) is 0 Å². The number of halogens is 2. The van der Waals surface area contributed by atoms with E-state index >= 15 is 0 Å². The summed E-state index contributed by atoms with van der Waals surface area (Å²) in [4.78, 5) is 4.74. The predicted molar refractivity (Wildman–Crippen MR) is 75.4 cm³/mol. The SMILES string of the molecule is Cc1c(Cl)c(Br)cn2cc(C3CCOCC3)nc12. The molecule has 2 aromatic rings. The van der Waals surface area contributed by atoms with Crippen LogP contribution in [0.2, 0.25) is 5.02 Å². The summed E-state index contributed by atoms with van der Waals surface area (Å²) in [6.07, 6.45) is 6.19. The van der Waals surface area contributed by atoms with Gasteiger partial charge < -0.3 is 9.14 Å². The third-order valence-corrected chi connectivity index (χ3v) is 4.83. The molecular formula is C13H14BrClN2O. The van der Waals surface area contributed by atoms with Crippen LogP contribution in [-0.4, -0.2) is 22.6 Å². The molecule has 0 aliphatic carbocycles. The normalized spacial score (nSPS) is 17.5. The minimum atomic E-state index is 0.510. The molecular weight excluding hydrogens is 316 g/mol. The number of hydrogen-bond donors (Lipinski definition) is 0. The average Bonchev–Trinajstić information content (AvgIpc) is 2.81. The van der Waals surface area contributed by atoms with Gasteiger partial charge in [0, 0.05) is 37.1 Å². The van der Waals surface area contributed by atoms with Crippen LogP contribution in [0.5, 0.6) is 0 Å². The molecule has 3 nitrogen and oxygen atoms in total. The number of aryl methyl sites for hydroxylation is 1. The standard InChI is InChI=1S/C13H14BrClN2O/c1-8-12(15)10(14)6-17-7-11(16-13(8)17)9-2-4-18-5-3-9/h6-7,9H,2-5H2,1H3. The minimum Gasteiger partial charge on any atom is -0.381 e. The molecule has 1 aliphatic rings. The van der Waals surface area contributed by atoms with E-state index in [2.05, 4.69) is 26.5 Å². The maximum absolute atomic E-state index is 6.23. The Bertz CT molecular complexity index is 590. The topological polar surface area (TPSA) is 26.5 Å². The second-order valence-electron chi connectivity index (χ2n) is 4.70. The van der Waals surface area contributed by atoms with Crippen LogP contribution >= 0.6 is 27.5 Å². The van der Waals surface area contributed by atoms with E-state index in [1.54, 1.807) is 0 Å². The van der Waals surface area contributed by atoms with Crippen molar-refractivity contribution < 1.29 is 4.74 Å². The van der Waals surface area contributed by atoms with Gasteiger partial charge in [-0.15, -0.1) is 0 Å². The van der Waals surface area contributed by atoms with E-state index in [0.29, 0.717) is 5.92 Å². The van der Waals surface area contributed by atoms with Crippen LogP contribution in [0.25, 0.3) is 5.65 Å². The fourth-order valence-electron chi connectivity index (χ4n) is 2.43. The van der Waals surface area contributed by atoms with Gasteiger partial charge in [0.2, 0.25) is 0 Å². The number of rotatable bonds is 1. The van der Waals surface area contributed by atoms with Gasteiger partial charge in [-0.2, -0.15) is 0 Å². The molecule has 5 heteroatoms. The molecule has 0 saturated carbocycles. The molecule has 0 radical (unpaired) electrons. The van der Waals surface area contributed by atoms with E-state index < -0.39 is 0 Å². The van der Waals surface area contributed by atoms with Crippen molar-refractivity contribution in [2.24, 2.45) is 0 Å². The molecule has 2 aromatic heterocycles. The summed E-state index contributed by atoms with van der Waals surface area (Å²) in [5, 5.41) is 0.742. The van der Waals surface area contributed by atoms with Gasteiger partial charge in [0.15, 0.2) is 0 Å². The van der Waals surface area contributed by atoms with Crippen LogP contribution in [0.1, 0.15) is 30.0 Å². The summed E-state index contributed by atoms with van der Waals surface area (Å²) in [5.41, 5.74) is 3.12. The first-order valence-electron chi connectivity index (χ1n) is 6.08. The van der Waals surface area contributed by atoms with Crippen molar-refractivity contribution in [1.29, 1.82) is 0 Å². The molecule has 3 heterocycles. The molecule has 3 rings (SSSR count). The van der Waals surface area contributed by atoms with Crippen molar-refractivity contribution in [3.05, 3.63) is 33.1 Å². The summed E-state index contributed by atoms with van der Waals surface area (Å²) in [7, 11) is 0. The number of imidazole rings is 1. The Kier molecular flexibility index (Phi) is 3.34. The Hall–Kier alpha value is -0.580. The van der Waals surface area contributed by atoms with Gasteiger partial charge in [-0.25, -0.2) is 4.98 Å². The minimum absolute atomic E-state index is 0.510. The molecule has 96 valence electrons. The highest BCUT2D eigenvalue weighted by molar-refractivity contribution is 9.10. The maximum Gasteiger partial charge on any atom is 0.141 e. The average molecular weight is 330 g/mol. The first-order valence-corrected chi connectivity index (χ1v) is 7.25. The van der Waals surface area contributed by atoms with Crippen LogP contribution in [0.15, 0.2) is 16.9 Å². The second-order valence-corrected chi connectivity index (χ2v) is 5.93. The molecule has 0 atom stereocenters. The maximum atomic E-state index is 6.23. The smallest absolute Gasteiger partial charge is 0.141 e. The van der Waals surface area contributed by atoms with Crippen molar-refractivity contribution in [3.8, 4) is 0 Å². The number of nitrogens with zero attached hydrogens (tertiary/aromatic N) is 2. The van der Waals surface area contributed by atoms with Crippen molar-refractivity contribution in [1.82, 2.24) is 9.38 Å². The summed E-state index contributed by atoms with van der Waals surface area (Å²) in [6, 6.07) is 0. The first kappa shape index (κ1) is 12.5. The van der Waals surface area contributed by atoms with Gasteiger partial charge in [-0.3, -0.25) is 0 Å². The van der Waals surface area contributed by atoms with Gasteiger partial charge in [0.25, 0.3) is 0 Å². The van der Waals surface area contributed by atoms with E-state index in [1.165, 1.54) is 0 Å². The summed E-state index contributed by atoms with van der Waals surface area (Å²) in [6.45, 7) is 3.67. The van der Waals surface area contributed by atoms with E-state index in [0.717, 1.165) is 52.5 Å². The largest absolute Gasteiger partial charge is 0.381 e. The van der Waals surface area contributed by atoms with Crippen LogP contribution in [-0.2, 0) is 4.74 Å². The van der Waals surface area contributed by atoms with E-state index in [4.69, 9.17) is 21.3 Å². The molecule has 18 heavy (non-hydrogen) atoms. The third kappa shape index (κ3) is 2.06. The molecule has 1 fully saturated rings. The summed E-state index contributed by atoms with van der Waals surface area (Å²) >= 11 is 9.70. The number of aromatic nitrogens is 2. The fourth-order valence-corrected chi connectivity index (χ4v) is 3.09. The second kappa shape index (κ2) is 4.83. The third-order valence-electron chi connectivity index (χ3n) is 3.52. The lowest BCUT2D eigenvalue weighted by Crippen LogP contribution is -2.14. The van der Waals surface area contributed by atoms with E-state index in [-0.39, 0.29) is 0 Å². The van der Waals surface area contributed by atoms with Crippen LogP contribution in [0, 0.1) is 6.92 Å². The lowest BCUT2D eigenvalue weighted by atomic mass is 9.97. The van der Waals surface area contributed by atoms with E-state index in [9.17, 15) is 0 Å². The van der Waals surface area contributed by atoms with Gasteiger partial charge in [-0.1, -0.05) is 11.6 Å². The Morgan fingerprint density at radius 2 is 2.11 bits per heavy atom. The molecule has 0 N–H and O–H groups in total. The van der Waals surface area contributed by atoms with E-state index in [1.807, 2.05) is 13.1 Å². The van der Waals surface area contributed by atoms with Crippen LogP contribution in [0.3, 0.4) is 0 Å². The van der Waals surface area contributed by atoms with Crippen molar-refractivity contribution in [2.45, 2.75) is 25.7 Å². The van der Waals surface area contributed by atoms with Gasteiger partial charge in [0.1, 0.15) is 5.65 Å². The number of hydrogen-bond acceptors (Lipinski definition) is 2. The molecule has 0 amide bonds. The van der Waals surface area contributed by atoms with Gasteiger partial charge in [0.05, 0.1) is 15.2 Å². The highest BCUT2D eigenvalue weighted by Gasteiger charge is 2.20. The lowest BCUT2D eigenvalue weighted by molar-refractivity contribution is 0.0846.